The van der Waals surface area contributed by atoms with Crippen LogP contribution in [-0.2, 0) is 10.2 Å². The molecule has 0 radical (unpaired) electrons. The highest BCUT2D eigenvalue weighted by Gasteiger charge is 2.15. The van der Waals surface area contributed by atoms with Gasteiger partial charge in [-0.25, -0.2) is 4.79 Å². The molecule has 156 valence electrons. The van der Waals surface area contributed by atoms with E-state index in [0.29, 0.717) is 23.4 Å². The molecule has 5 heteroatoms. The van der Waals surface area contributed by atoms with Gasteiger partial charge in [0.05, 0.1) is 5.56 Å². The Balaban J connectivity index is 2.04. The van der Waals surface area contributed by atoms with Gasteiger partial charge < -0.3 is 10.1 Å². The number of ether oxygens (including phenoxy) is 1. The van der Waals surface area contributed by atoms with Crippen molar-refractivity contribution in [3.63, 3.8) is 0 Å². The van der Waals surface area contributed by atoms with Crippen molar-refractivity contribution in [2.24, 2.45) is 0 Å². The zero-order valence-electron chi connectivity index (χ0n) is 18.0. The average molecular weight is 405 g/mol. The number of benzene rings is 2. The van der Waals surface area contributed by atoms with E-state index in [9.17, 15) is 14.9 Å². The Hall–Kier alpha value is -3.39. The number of esters is 1. The van der Waals surface area contributed by atoms with Crippen molar-refractivity contribution in [1.29, 1.82) is 5.26 Å². The van der Waals surface area contributed by atoms with Crippen LogP contribution in [0.5, 0.6) is 5.75 Å². The molecule has 0 aliphatic carbocycles. The zero-order valence-corrected chi connectivity index (χ0v) is 18.0. The Morgan fingerprint density at radius 2 is 1.70 bits per heavy atom. The average Bonchev–Trinajstić information content (AvgIpc) is 2.72. The van der Waals surface area contributed by atoms with Crippen molar-refractivity contribution in [3.05, 3.63) is 70.8 Å². The van der Waals surface area contributed by atoms with Crippen molar-refractivity contribution in [3.8, 4) is 11.8 Å². The number of carbonyl (C=O) groups is 2. The lowest BCUT2D eigenvalue weighted by atomic mass is 9.87. The van der Waals surface area contributed by atoms with Crippen LogP contribution in [0.2, 0.25) is 0 Å². The normalized spacial score (nSPS) is 11.5. The molecule has 0 saturated heterocycles. The molecule has 2 aromatic rings. The SMILES string of the molecule is CCCCNC(=O)/C(C#N)=C/c1ccc(OC(=O)c2ccc(C(C)(C)C)cc2)cc1. The summed E-state index contributed by atoms with van der Waals surface area (Å²) in [4.78, 5) is 24.4. The van der Waals surface area contributed by atoms with Crippen molar-refractivity contribution in [1.82, 2.24) is 5.32 Å². The van der Waals surface area contributed by atoms with Gasteiger partial charge in [-0.15, -0.1) is 0 Å². The van der Waals surface area contributed by atoms with E-state index in [0.717, 1.165) is 18.4 Å². The lowest BCUT2D eigenvalue weighted by molar-refractivity contribution is -0.117. The number of hydrogen-bond donors (Lipinski definition) is 1. The van der Waals surface area contributed by atoms with Crippen molar-refractivity contribution < 1.29 is 14.3 Å². The summed E-state index contributed by atoms with van der Waals surface area (Å²) in [5.41, 5.74) is 2.34. The van der Waals surface area contributed by atoms with Crippen LogP contribution in [0.15, 0.2) is 54.1 Å². The van der Waals surface area contributed by atoms with Crippen LogP contribution < -0.4 is 10.1 Å². The van der Waals surface area contributed by atoms with E-state index in [1.165, 1.54) is 6.08 Å². The predicted octanol–water partition coefficient (Wildman–Crippen LogP) is 5.03. The minimum absolute atomic E-state index is 0.0148. The molecule has 0 aliphatic heterocycles. The van der Waals surface area contributed by atoms with Gasteiger partial charge >= 0.3 is 5.97 Å². The molecule has 2 rings (SSSR count). The van der Waals surface area contributed by atoms with Crippen molar-refractivity contribution >= 4 is 18.0 Å². The van der Waals surface area contributed by atoms with E-state index in [-0.39, 0.29) is 16.9 Å². The number of carbonyl (C=O) groups excluding carboxylic acids is 2. The van der Waals surface area contributed by atoms with Gasteiger partial charge in [-0.05, 0) is 53.3 Å². The Kier molecular flexibility index (Phi) is 7.94. The molecule has 1 amide bonds. The molecule has 0 bridgehead atoms. The highest BCUT2D eigenvalue weighted by atomic mass is 16.5. The van der Waals surface area contributed by atoms with Gasteiger partial charge in [0.2, 0.25) is 0 Å². The highest BCUT2D eigenvalue weighted by Crippen LogP contribution is 2.23. The Bertz CT molecular complexity index is 944. The van der Waals surface area contributed by atoms with E-state index < -0.39 is 5.97 Å². The molecule has 2 aromatic carbocycles. The molecule has 30 heavy (non-hydrogen) atoms. The Morgan fingerprint density at radius 1 is 1.07 bits per heavy atom. The van der Waals surface area contributed by atoms with Crippen LogP contribution in [0.4, 0.5) is 0 Å². The zero-order chi connectivity index (χ0) is 22.1. The topological polar surface area (TPSA) is 79.2 Å². The summed E-state index contributed by atoms with van der Waals surface area (Å²) in [6.45, 7) is 8.91. The summed E-state index contributed by atoms with van der Waals surface area (Å²) in [5.74, 6) is -0.435. The van der Waals surface area contributed by atoms with Gasteiger partial charge in [0, 0.05) is 6.54 Å². The van der Waals surface area contributed by atoms with Crippen molar-refractivity contribution in [2.75, 3.05) is 6.54 Å². The number of hydrogen-bond acceptors (Lipinski definition) is 4. The Morgan fingerprint density at radius 3 is 2.23 bits per heavy atom. The second-order valence-electron chi connectivity index (χ2n) is 8.07. The van der Waals surface area contributed by atoms with E-state index in [2.05, 4.69) is 26.1 Å². The van der Waals surface area contributed by atoms with Gasteiger partial charge in [0.25, 0.3) is 5.91 Å². The molecule has 5 nitrogen and oxygen atoms in total. The largest absolute Gasteiger partial charge is 0.423 e. The monoisotopic (exact) mass is 404 g/mol. The van der Waals surface area contributed by atoms with Crippen LogP contribution in [0.25, 0.3) is 6.08 Å². The standard InChI is InChI=1S/C25H28N2O3/c1-5-6-15-27-23(28)20(17-26)16-18-7-13-22(14-8-18)30-24(29)19-9-11-21(12-10-19)25(2,3)4/h7-14,16H,5-6,15H2,1-4H3,(H,27,28)/b20-16+. The van der Waals surface area contributed by atoms with E-state index in [4.69, 9.17) is 4.74 Å². The van der Waals surface area contributed by atoms with Gasteiger partial charge in [0.1, 0.15) is 17.4 Å². The van der Waals surface area contributed by atoms with Gasteiger partial charge in [0.15, 0.2) is 0 Å². The van der Waals surface area contributed by atoms with E-state index >= 15 is 0 Å². The van der Waals surface area contributed by atoms with Crippen LogP contribution in [0, 0.1) is 11.3 Å². The molecule has 0 unspecified atom stereocenters. The quantitative estimate of drug-likeness (QED) is 0.231. The summed E-state index contributed by atoms with van der Waals surface area (Å²) in [6.07, 6.45) is 3.34. The molecule has 0 heterocycles. The van der Waals surface area contributed by atoms with Gasteiger partial charge in [-0.3, -0.25) is 4.79 Å². The number of rotatable bonds is 7. The number of nitriles is 1. The van der Waals surface area contributed by atoms with Crippen LogP contribution >= 0.6 is 0 Å². The minimum atomic E-state index is -0.438. The van der Waals surface area contributed by atoms with E-state index in [1.54, 1.807) is 36.4 Å². The smallest absolute Gasteiger partial charge is 0.343 e. The fourth-order valence-electron chi connectivity index (χ4n) is 2.69. The maximum Gasteiger partial charge on any atom is 0.343 e. The third-order valence-electron chi connectivity index (χ3n) is 4.57. The fraction of sp³-hybridized carbons (Fsp3) is 0.320. The maximum absolute atomic E-state index is 12.4. The third kappa shape index (κ3) is 6.59. The first-order valence-electron chi connectivity index (χ1n) is 10.1. The second kappa shape index (κ2) is 10.4. The van der Waals surface area contributed by atoms with Crippen LogP contribution in [0.3, 0.4) is 0 Å². The summed E-state index contributed by atoms with van der Waals surface area (Å²) < 4.78 is 5.42. The molecule has 0 aromatic heterocycles. The van der Waals surface area contributed by atoms with Crippen LogP contribution in [0.1, 0.15) is 62.0 Å². The minimum Gasteiger partial charge on any atom is -0.423 e. The van der Waals surface area contributed by atoms with E-state index in [1.807, 2.05) is 25.1 Å². The Labute approximate surface area is 178 Å². The summed E-state index contributed by atoms with van der Waals surface area (Å²) in [7, 11) is 0. The fourth-order valence-corrected chi connectivity index (χ4v) is 2.69. The first kappa shape index (κ1) is 22.9. The molecule has 1 N–H and O–H groups in total. The molecule has 0 fully saturated rings. The van der Waals surface area contributed by atoms with Crippen molar-refractivity contribution in [2.45, 2.75) is 46.0 Å². The van der Waals surface area contributed by atoms with Gasteiger partial charge in [-0.2, -0.15) is 5.26 Å². The highest BCUT2D eigenvalue weighted by molar-refractivity contribution is 6.01. The maximum atomic E-state index is 12.4. The molecule has 0 atom stereocenters. The number of nitrogens with one attached hydrogen (secondary N) is 1. The van der Waals surface area contributed by atoms with Gasteiger partial charge in [-0.1, -0.05) is 58.4 Å². The number of nitrogens with zero attached hydrogens (tertiary/aromatic N) is 1. The second-order valence-corrected chi connectivity index (χ2v) is 8.07. The molecule has 0 saturated carbocycles. The molecular formula is C25H28N2O3. The lowest BCUT2D eigenvalue weighted by Gasteiger charge is -2.18. The first-order chi connectivity index (χ1) is 14.2. The number of unbranched alkanes of at least 4 members (excludes halogenated alkanes) is 1. The lowest BCUT2D eigenvalue weighted by Crippen LogP contribution is -2.25. The first-order valence-corrected chi connectivity index (χ1v) is 10.1. The summed E-state index contributed by atoms with van der Waals surface area (Å²) in [6, 6.07) is 16.0. The van der Waals surface area contributed by atoms with Crippen LogP contribution in [-0.4, -0.2) is 18.4 Å². The third-order valence-corrected chi connectivity index (χ3v) is 4.57. The predicted molar refractivity (Wildman–Crippen MR) is 118 cm³/mol. The molecule has 0 spiro atoms. The number of amides is 1. The molecule has 0 aliphatic rings. The summed E-state index contributed by atoms with van der Waals surface area (Å²) in [5, 5.41) is 12.0. The summed E-state index contributed by atoms with van der Waals surface area (Å²) >= 11 is 0. The molecular weight excluding hydrogens is 376 g/mol.